The molecule has 0 aliphatic rings. The number of carbonyl (C=O) groups excluding carboxylic acids is 1. The molecular formula is C21H31N3O4. The number of nitrogens with zero attached hydrogens (tertiary/aromatic N) is 3. The van der Waals surface area contributed by atoms with E-state index in [9.17, 15) is 4.79 Å². The number of carbonyl (C=O) groups is 1. The second-order valence-corrected chi connectivity index (χ2v) is 6.79. The van der Waals surface area contributed by atoms with Crippen LogP contribution in [0.25, 0.3) is 0 Å². The summed E-state index contributed by atoms with van der Waals surface area (Å²) >= 11 is 0. The molecule has 0 aliphatic heterocycles. The van der Waals surface area contributed by atoms with Crippen LogP contribution in [0.1, 0.15) is 49.1 Å². The maximum Gasteiger partial charge on any atom is 0.275 e. The number of aromatic nitrogens is 1. The number of oxazole rings is 1. The van der Waals surface area contributed by atoms with Crippen molar-refractivity contribution < 1.29 is 18.7 Å². The van der Waals surface area contributed by atoms with E-state index in [1.54, 1.807) is 26.2 Å². The Hall–Kier alpha value is -2.54. The van der Waals surface area contributed by atoms with Crippen LogP contribution in [-0.4, -0.2) is 54.5 Å². The molecule has 0 radical (unpaired) electrons. The van der Waals surface area contributed by atoms with E-state index in [4.69, 9.17) is 13.9 Å². The summed E-state index contributed by atoms with van der Waals surface area (Å²) in [5, 5.41) is 0. The van der Waals surface area contributed by atoms with Crippen LogP contribution in [0.5, 0.6) is 11.5 Å². The third kappa shape index (κ3) is 5.25. The first-order chi connectivity index (χ1) is 13.4. The zero-order valence-electron chi connectivity index (χ0n) is 17.7. The molecule has 1 aromatic carbocycles. The minimum absolute atomic E-state index is 0.135. The fourth-order valence-electron chi connectivity index (χ4n) is 2.82. The zero-order chi connectivity index (χ0) is 20.7. The molecule has 0 aliphatic carbocycles. The molecule has 1 aromatic heterocycles. The average Bonchev–Trinajstić information content (AvgIpc) is 3.20. The lowest BCUT2D eigenvalue weighted by Gasteiger charge is -2.27. The van der Waals surface area contributed by atoms with Crippen LogP contribution in [0.3, 0.4) is 0 Å². The second kappa shape index (κ2) is 10.1. The molecule has 0 N–H and O–H groups in total. The highest BCUT2D eigenvalue weighted by molar-refractivity contribution is 5.91. The molecule has 0 saturated carbocycles. The number of benzene rings is 1. The Morgan fingerprint density at radius 3 is 2.57 bits per heavy atom. The monoisotopic (exact) mass is 389 g/mol. The van der Waals surface area contributed by atoms with E-state index in [1.165, 1.54) is 6.26 Å². The third-order valence-electron chi connectivity index (χ3n) is 5.01. The van der Waals surface area contributed by atoms with E-state index in [0.717, 1.165) is 23.5 Å². The first kappa shape index (κ1) is 21.8. The van der Waals surface area contributed by atoms with Crippen molar-refractivity contribution in [3.05, 3.63) is 41.6 Å². The van der Waals surface area contributed by atoms with Crippen molar-refractivity contribution >= 4 is 5.91 Å². The smallest absolute Gasteiger partial charge is 0.275 e. The highest BCUT2D eigenvalue weighted by Gasteiger charge is 2.20. The van der Waals surface area contributed by atoms with Crippen LogP contribution in [0.2, 0.25) is 0 Å². The lowest BCUT2D eigenvalue weighted by molar-refractivity contribution is 0.0796. The molecular weight excluding hydrogens is 358 g/mol. The minimum atomic E-state index is -0.135. The van der Waals surface area contributed by atoms with Gasteiger partial charge in [-0.15, -0.1) is 0 Å². The van der Waals surface area contributed by atoms with Crippen LogP contribution in [0.4, 0.5) is 0 Å². The fraction of sp³-hybridized carbons (Fsp3) is 0.524. The number of amides is 1. The molecule has 1 amide bonds. The lowest BCUT2D eigenvalue weighted by Crippen LogP contribution is -2.32. The summed E-state index contributed by atoms with van der Waals surface area (Å²) in [5.74, 6) is 1.93. The predicted molar refractivity (Wildman–Crippen MR) is 108 cm³/mol. The quantitative estimate of drug-likeness (QED) is 0.619. The average molecular weight is 389 g/mol. The van der Waals surface area contributed by atoms with Gasteiger partial charge < -0.3 is 18.8 Å². The van der Waals surface area contributed by atoms with E-state index in [2.05, 4.69) is 23.7 Å². The topological polar surface area (TPSA) is 68.0 Å². The van der Waals surface area contributed by atoms with Crippen molar-refractivity contribution in [2.45, 2.75) is 46.3 Å². The van der Waals surface area contributed by atoms with Crippen LogP contribution in [0, 0.1) is 0 Å². The van der Waals surface area contributed by atoms with Gasteiger partial charge in [0, 0.05) is 37.8 Å². The van der Waals surface area contributed by atoms with Gasteiger partial charge in [-0.2, -0.15) is 0 Å². The van der Waals surface area contributed by atoms with Crippen molar-refractivity contribution in [3.63, 3.8) is 0 Å². The summed E-state index contributed by atoms with van der Waals surface area (Å²) < 4.78 is 16.4. The number of methoxy groups -OCH3 is 2. The third-order valence-corrected chi connectivity index (χ3v) is 5.01. The van der Waals surface area contributed by atoms with Gasteiger partial charge in [-0.25, -0.2) is 4.98 Å². The highest BCUT2D eigenvalue weighted by Crippen LogP contribution is 2.27. The van der Waals surface area contributed by atoms with E-state index in [1.807, 2.05) is 25.1 Å². The first-order valence-corrected chi connectivity index (χ1v) is 9.58. The van der Waals surface area contributed by atoms with Crippen LogP contribution in [0.15, 0.2) is 28.9 Å². The van der Waals surface area contributed by atoms with Gasteiger partial charge in [0.1, 0.15) is 17.8 Å². The van der Waals surface area contributed by atoms with Gasteiger partial charge in [0.2, 0.25) is 5.89 Å². The maximum atomic E-state index is 12.3. The molecule has 1 heterocycles. The van der Waals surface area contributed by atoms with Gasteiger partial charge in [-0.3, -0.25) is 9.69 Å². The number of ether oxygens (including phenoxy) is 2. The molecule has 154 valence electrons. The Morgan fingerprint density at radius 2 is 1.96 bits per heavy atom. The molecule has 0 saturated heterocycles. The molecule has 0 fully saturated rings. The van der Waals surface area contributed by atoms with E-state index in [-0.39, 0.29) is 5.91 Å². The minimum Gasteiger partial charge on any atom is -0.497 e. The SMILES string of the molecule is CC[C@H](C)N(Cc1nc(C(=O)N(C)CC)co1)Cc1ccc(OC)cc1OC. The summed E-state index contributed by atoms with van der Waals surface area (Å²) in [6.07, 6.45) is 2.41. The predicted octanol–water partition coefficient (Wildman–Crippen LogP) is 3.58. The molecule has 0 spiro atoms. The standard InChI is InChI=1S/C21H31N3O4/c1-7-15(3)24(12-16-9-10-17(26-5)11-19(16)27-6)13-20-22-18(14-28-20)21(25)23(4)8-2/h9-11,14-15H,7-8,12-13H2,1-6H3/t15-/m0/s1. The van der Waals surface area contributed by atoms with E-state index in [0.29, 0.717) is 37.3 Å². The molecule has 28 heavy (non-hydrogen) atoms. The van der Waals surface area contributed by atoms with E-state index < -0.39 is 0 Å². The maximum absolute atomic E-state index is 12.3. The van der Waals surface area contributed by atoms with E-state index >= 15 is 0 Å². The second-order valence-electron chi connectivity index (χ2n) is 6.79. The highest BCUT2D eigenvalue weighted by atomic mass is 16.5. The largest absolute Gasteiger partial charge is 0.497 e. The first-order valence-electron chi connectivity index (χ1n) is 9.58. The molecule has 1 atom stereocenters. The van der Waals surface area contributed by atoms with Crippen LogP contribution >= 0.6 is 0 Å². The zero-order valence-corrected chi connectivity index (χ0v) is 17.7. The number of hydrogen-bond donors (Lipinski definition) is 0. The van der Waals surface area contributed by atoms with Crippen molar-refractivity contribution in [1.29, 1.82) is 0 Å². The molecule has 2 aromatic rings. The lowest BCUT2D eigenvalue weighted by atomic mass is 10.1. The molecule has 7 heteroatoms. The Kier molecular flexibility index (Phi) is 7.87. The Balaban J connectivity index is 2.19. The Morgan fingerprint density at radius 1 is 1.21 bits per heavy atom. The van der Waals surface area contributed by atoms with Gasteiger partial charge in [0.15, 0.2) is 5.69 Å². The molecule has 2 rings (SSSR count). The Labute approximate surface area is 167 Å². The molecule has 0 bridgehead atoms. The number of rotatable bonds is 10. The summed E-state index contributed by atoms with van der Waals surface area (Å²) in [4.78, 5) is 20.5. The number of hydrogen-bond acceptors (Lipinski definition) is 6. The summed E-state index contributed by atoms with van der Waals surface area (Å²) in [6, 6.07) is 6.12. The fourth-order valence-corrected chi connectivity index (χ4v) is 2.82. The van der Waals surface area contributed by atoms with Gasteiger partial charge in [0.25, 0.3) is 5.91 Å². The summed E-state index contributed by atoms with van der Waals surface area (Å²) in [5.41, 5.74) is 1.39. The Bertz CT molecular complexity index is 775. The molecule has 0 unspecified atom stereocenters. The van der Waals surface area contributed by atoms with Gasteiger partial charge in [0.05, 0.1) is 20.8 Å². The van der Waals surface area contributed by atoms with Crippen molar-refractivity contribution in [1.82, 2.24) is 14.8 Å². The summed E-state index contributed by atoms with van der Waals surface area (Å²) in [6.45, 7) is 8.03. The van der Waals surface area contributed by atoms with Crippen molar-refractivity contribution in [2.24, 2.45) is 0 Å². The van der Waals surface area contributed by atoms with Crippen LogP contribution < -0.4 is 9.47 Å². The molecule has 7 nitrogen and oxygen atoms in total. The van der Waals surface area contributed by atoms with Crippen molar-refractivity contribution in [2.75, 3.05) is 27.8 Å². The van der Waals surface area contributed by atoms with Crippen LogP contribution in [-0.2, 0) is 13.1 Å². The van der Waals surface area contributed by atoms with Gasteiger partial charge >= 0.3 is 0 Å². The van der Waals surface area contributed by atoms with Gasteiger partial charge in [-0.05, 0) is 26.3 Å². The van der Waals surface area contributed by atoms with Crippen molar-refractivity contribution in [3.8, 4) is 11.5 Å². The van der Waals surface area contributed by atoms with Gasteiger partial charge in [-0.1, -0.05) is 13.0 Å². The summed E-state index contributed by atoms with van der Waals surface area (Å²) in [7, 11) is 5.04. The normalized spacial score (nSPS) is 12.1.